The first-order chi connectivity index (χ1) is 8.34. The molecule has 0 spiro atoms. The molecule has 0 aromatic carbocycles. The first kappa shape index (κ1) is 11.5. The van der Waals surface area contributed by atoms with Gasteiger partial charge in [-0.05, 0) is 29.7 Å². The van der Waals surface area contributed by atoms with E-state index in [9.17, 15) is 4.79 Å². The smallest absolute Gasteiger partial charge is 0.244 e. The van der Waals surface area contributed by atoms with Gasteiger partial charge in [0.15, 0.2) is 0 Å². The van der Waals surface area contributed by atoms with Crippen molar-refractivity contribution in [3.63, 3.8) is 0 Å². The highest BCUT2D eigenvalue weighted by atomic mass is 32.1. The third kappa shape index (κ3) is 3.85. The monoisotopic (exact) mass is 244 g/mol. The second-order valence-electron chi connectivity index (χ2n) is 3.39. The van der Waals surface area contributed by atoms with Gasteiger partial charge in [0.2, 0.25) is 5.91 Å². The van der Waals surface area contributed by atoms with Crippen molar-refractivity contribution in [1.82, 2.24) is 10.3 Å². The summed E-state index contributed by atoms with van der Waals surface area (Å²) in [6.07, 6.45) is 5.05. The van der Waals surface area contributed by atoms with E-state index < -0.39 is 0 Å². The number of carbonyl (C=O) groups excluding carboxylic acids is 1. The van der Waals surface area contributed by atoms with Crippen LogP contribution in [-0.2, 0) is 11.3 Å². The molecule has 2 rings (SSSR count). The Labute approximate surface area is 104 Å². The third-order valence-corrected chi connectivity index (χ3v) is 2.95. The predicted octanol–water partition coefficient (Wildman–Crippen LogP) is 2.47. The molecule has 0 radical (unpaired) electrons. The van der Waals surface area contributed by atoms with Crippen molar-refractivity contribution in [2.45, 2.75) is 6.54 Å². The molecular formula is C13H12N2OS. The topological polar surface area (TPSA) is 42.0 Å². The van der Waals surface area contributed by atoms with Crippen LogP contribution < -0.4 is 5.32 Å². The van der Waals surface area contributed by atoms with Crippen molar-refractivity contribution in [3.8, 4) is 0 Å². The second kappa shape index (κ2) is 5.96. The lowest BCUT2D eigenvalue weighted by Crippen LogP contribution is -2.20. The summed E-state index contributed by atoms with van der Waals surface area (Å²) in [6.45, 7) is 0.453. The lowest BCUT2D eigenvalue weighted by Gasteiger charge is -2.00. The minimum Gasteiger partial charge on any atom is -0.347 e. The molecule has 1 amide bonds. The van der Waals surface area contributed by atoms with E-state index >= 15 is 0 Å². The highest BCUT2D eigenvalue weighted by Crippen LogP contribution is 2.09. The Balaban J connectivity index is 1.82. The largest absolute Gasteiger partial charge is 0.347 e. The number of aromatic nitrogens is 1. The molecular weight excluding hydrogens is 232 g/mol. The summed E-state index contributed by atoms with van der Waals surface area (Å²) in [6, 6.07) is 9.55. The molecule has 4 heteroatoms. The number of hydrogen-bond donors (Lipinski definition) is 1. The van der Waals surface area contributed by atoms with Crippen LogP contribution in [0.25, 0.3) is 6.08 Å². The summed E-state index contributed by atoms with van der Waals surface area (Å²) < 4.78 is 0. The van der Waals surface area contributed by atoms with Gasteiger partial charge in [-0.2, -0.15) is 0 Å². The number of carbonyl (C=O) groups is 1. The van der Waals surface area contributed by atoms with E-state index in [2.05, 4.69) is 10.3 Å². The Morgan fingerprint density at radius 2 is 2.29 bits per heavy atom. The molecule has 0 aliphatic carbocycles. The molecule has 2 heterocycles. The molecule has 2 aromatic rings. The van der Waals surface area contributed by atoms with Gasteiger partial charge in [0.1, 0.15) is 0 Å². The Hall–Kier alpha value is -1.94. The number of amides is 1. The summed E-state index contributed by atoms with van der Waals surface area (Å²) in [4.78, 5) is 16.7. The first-order valence-corrected chi connectivity index (χ1v) is 6.12. The summed E-state index contributed by atoms with van der Waals surface area (Å²) in [5.41, 5.74) is 0.852. The maximum atomic E-state index is 11.5. The van der Waals surface area contributed by atoms with E-state index in [4.69, 9.17) is 0 Å². The quantitative estimate of drug-likeness (QED) is 0.839. The van der Waals surface area contributed by atoms with Gasteiger partial charge in [-0.15, -0.1) is 11.3 Å². The van der Waals surface area contributed by atoms with Crippen molar-refractivity contribution in [2.24, 2.45) is 0 Å². The first-order valence-electron chi connectivity index (χ1n) is 5.24. The molecule has 0 unspecified atom stereocenters. The SMILES string of the molecule is O=C(/C=C/c1cccs1)NCc1ccccn1. The number of nitrogens with one attached hydrogen (secondary N) is 1. The Bertz CT molecular complexity index is 491. The Morgan fingerprint density at radius 1 is 1.35 bits per heavy atom. The number of hydrogen-bond acceptors (Lipinski definition) is 3. The van der Waals surface area contributed by atoms with E-state index in [0.717, 1.165) is 10.6 Å². The molecule has 0 atom stereocenters. The van der Waals surface area contributed by atoms with Crippen LogP contribution in [0.5, 0.6) is 0 Å². The average molecular weight is 244 g/mol. The van der Waals surface area contributed by atoms with E-state index in [1.165, 1.54) is 6.08 Å². The van der Waals surface area contributed by atoms with Crippen LogP contribution in [0.15, 0.2) is 48.0 Å². The zero-order chi connectivity index (χ0) is 11.9. The summed E-state index contributed by atoms with van der Waals surface area (Å²) in [5, 5.41) is 4.76. The number of pyridine rings is 1. The summed E-state index contributed by atoms with van der Waals surface area (Å²) in [7, 11) is 0. The molecule has 0 bridgehead atoms. The van der Waals surface area contributed by atoms with Crippen LogP contribution in [0.4, 0.5) is 0 Å². The maximum Gasteiger partial charge on any atom is 0.244 e. The van der Waals surface area contributed by atoms with Gasteiger partial charge in [-0.3, -0.25) is 9.78 Å². The number of rotatable bonds is 4. The van der Waals surface area contributed by atoms with Crippen LogP contribution in [-0.4, -0.2) is 10.9 Å². The average Bonchev–Trinajstić information content (AvgIpc) is 2.88. The standard InChI is InChI=1S/C13H12N2OS/c16-13(7-6-12-5-3-9-17-12)15-10-11-4-1-2-8-14-11/h1-9H,10H2,(H,15,16)/b7-6+. The molecule has 2 aromatic heterocycles. The number of nitrogens with zero attached hydrogens (tertiary/aromatic N) is 1. The van der Waals surface area contributed by atoms with Gasteiger partial charge in [-0.25, -0.2) is 0 Å². The normalized spacial score (nSPS) is 10.6. The maximum absolute atomic E-state index is 11.5. The third-order valence-electron chi connectivity index (χ3n) is 2.11. The summed E-state index contributed by atoms with van der Waals surface area (Å²) >= 11 is 1.60. The Morgan fingerprint density at radius 3 is 3.00 bits per heavy atom. The molecule has 86 valence electrons. The van der Waals surface area contributed by atoms with Crippen molar-refractivity contribution >= 4 is 23.3 Å². The zero-order valence-corrected chi connectivity index (χ0v) is 9.98. The molecule has 1 N–H and O–H groups in total. The molecule has 0 saturated carbocycles. The van der Waals surface area contributed by atoms with Crippen molar-refractivity contribution in [3.05, 3.63) is 58.6 Å². The fourth-order valence-corrected chi connectivity index (χ4v) is 1.90. The van der Waals surface area contributed by atoms with E-state index in [1.54, 1.807) is 23.6 Å². The second-order valence-corrected chi connectivity index (χ2v) is 4.37. The van der Waals surface area contributed by atoms with Gasteiger partial charge >= 0.3 is 0 Å². The minimum absolute atomic E-state index is 0.107. The predicted molar refractivity (Wildman–Crippen MR) is 69.4 cm³/mol. The van der Waals surface area contributed by atoms with Gasteiger partial charge in [0.25, 0.3) is 0 Å². The van der Waals surface area contributed by atoms with Gasteiger partial charge in [0.05, 0.1) is 12.2 Å². The molecule has 3 nitrogen and oxygen atoms in total. The molecule has 0 aliphatic rings. The Kier molecular flexibility index (Phi) is 4.05. The molecule has 0 aliphatic heterocycles. The minimum atomic E-state index is -0.107. The van der Waals surface area contributed by atoms with Crippen LogP contribution in [0.3, 0.4) is 0 Å². The van der Waals surface area contributed by atoms with Crippen LogP contribution in [0, 0.1) is 0 Å². The van der Waals surface area contributed by atoms with Crippen LogP contribution in [0.2, 0.25) is 0 Å². The van der Waals surface area contributed by atoms with Gasteiger partial charge in [0, 0.05) is 17.2 Å². The molecule has 17 heavy (non-hydrogen) atoms. The highest BCUT2D eigenvalue weighted by molar-refractivity contribution is 7.10. The van der Waals surface area contributed by atoms with Crippen molar-refractivity contribution < 1.29 is 4.79 Å². The highest BCUT2D eigenvalue weighted by Gasteiger charge is 1.97. The summed E-state index contributed by atoms with van der Waals surface area (Å²) in [5.74, 6) is -0.107. The fourth-order valence-electron chi connectivity index (χ4n) is 1.28. The van der Waals surface area contributed by atoms with Gasteiger partial charge < -0.3 is 5.32 Å². The van der Waals surface area contributed by atoms with E-state index in [-0.39, 0.29) is 5.91 Å². The lowest BCUT2D eigenvalue weighted by molar-refractivity contribution is -0.116. The van der Waals surface area contributed by atoms with E-state index in [0.29, 0.717) is 6.54 Å². The molecule has 0 saturated heterocycles. The van der Waals surface area contributed by atoms with Crippen LogP contribution >= 0.6 is 11.3 Å². The van der Waals surface area contributed by atoms with Gasteiger partial charge in [-0.1, -0.05) is 12.1 Å². The fraction of sp³-hybridized carbons (Fsp3) is 0.0769. The zero-order valence-electron chi connectivity index (χ0n) is 9.17. The van der Waals surface area contributed by atoms with E-state index in [1.807, 2.05) is 35.7 Å². The van der Waals surface area contributed by atoms with Crippen molar-refractivity contribution in [1.29, 1.82) is 0 Å². The number of thiophene rings is 1. The lowest BCUT2D eigenvalue weighted by atomic mass is 10.3. The van der Waals surface area contributed by atoms with Crippen molar-refractivity contribution in [2.75, 3.05) is 0 Å². The van der Waals surface area contributed by atoms with Crippen LogP contribution in [0.1, 0.15) is 10.6 Å². The molecule has 0 fully saturated rings.